The zero-order valence-corrected chi connectivity index (χ0v) is 13.1. The SMILES string of the molecule is CCOc1cccc(N(Cc2cccs2)C(C)C)c1N. The van der Waals surface area contributed by atoms with Gasteiger partial charge in [-0.15, -0.1) is 11.3 Å². The fourth-order valence-corrected chi connectivity index (χ4v) is 2.88. The summed E-state index contributed by atoms with van der Waals surface area (Å²) in [5, 5.41) is 2.10. The number of thiophene rings is 1. The lowest BCUT2D eigenvalue weighted by atomic mass is 10.2. The van der Waals surface area contributed by atoms with Crippen LogP contribution in [0.5, 0.6) is 5.75 Å². The molecule has 0 saturated heterocycles. The van der Waals surface area contributed by atoms with Crippen LogP contribution in [0.2, 0.25) is 0 Å². The minimum atomic E-state index is 0.372. The van der Waals surface area contributed by atoms with Crippen LogP contribution in [0.1, 0.15) is 25.6 Å². The molecule has 0 bridgehead atoms. The molecule has 0 amide bonds. The van der Waals surface area contributed by atoms with E-state index in [1.807, 2.05) is 19.1 Å². The van der Waals surface area contributed by atoms with Crippen molar-refractivity contribution in [3.63, 3.8) is 0 Å². The van der Waals surface area contributed by atoms with Crippen LogP contribution < -0.4 is 15.4 Å². The Hall–Kier alpha value is -1.68. The fraction of sp³-hybridized carbons (Fsp3) is 0.375. The summed E-state index contributed by atoms with van der Waals surface area (Å²) in [6.07, 6.45) is 0. The van der Waals surface area contributed by atoms with Gasteiger partial charge in [0.15, 0.2) is 0 Å². The molecule has 0 aliphatic heterocycles. The monoisotopic (exact) mass is 290 g/mol. The number of nitrogens with two attached hydrogens (primary N) is 1. The molecule has 4 heteroatoms. The number of hydrogen-bond acceptors (Lipinski definition) is 4. The van der Waals surface area contributed by atoms with E-state index in [1.54, 1.807) is 11.3 Å². The average Bonchev–Trinajstić information content (AvgIpc) is 2.92. The lowest BCUT2D eigenvalue weighted by molar-refractivity contribution is 0.342. The van der Waals surface area contributed by atoms with Crippen LogP contribution in [0.15, 0.2) is 35.7 Å². The third kappa shape index (κ3) is 3.25. The maximum Gasteiger partial charge on any atom is 0.144 e. The van der Waals surface area contributed by atoms with E-state index in [-0.39, 0.29) is 0 Å². The molecule has 1 heterocycles. The molecule has 1 aromatic carbocycles. The van der Waals surface area contributed by atoms with Gasteiger partial charge < -0.3 is 15.4 Å². The average molecular weight is 290 g/mol. The topological polar surface area (TPSA) is 38.5 Å². The Bertz CT molecular complexity index is 537. The molecule has 0 spiro atoms. The van der Waals surface area contributed by atoms with Gasteiger partial charge >= 0.3 is 0 Å². The van der Waals surface area contributed by atoms with Crippen LogP contribution in [0, 0.1) is 0 Å². The highest BCUT2D eigenvalue weighted by Crippen LogP contribution is 2.34. The third-order valence-electron chi connectivity index (χ3n) is 3.18. The number of nitrogens with zero attached hydrogens (tertiary/aromatic N) is 1. The number of rotatable bonds is 6. The summed E-state index contributed by atoms with van der Waals surface area (Å²) in [7, 11) is 0. The van der Waals surface area contributed by atoms with E-state index in [0.29, 0.717) is 12.6 Å². The van der Waals surface area contributed by atoms with Crippen molar-refractivity contribution >= 4 is 22.7 Å². The van der Waals surface area contributed by atoms with E-state index in [4.69, 9.17) is 10.5 Å². The zero-order valence-electron chi connectivity index (χ0n) is 12.3. The summed E-state index contributed by atoms with van der Waals surface area (Å²) in [6.45, 7) is 7.83. The Morgan fingerprint density at radius 2 is 2.05 bits per heavy atom. The zero-order chi connectivity index (χ0) is 14.5. The van der Waals surface area contributed by atoms with Gasteiger partial charge in [0.25, 0.3) is 0 Å². The Morgan fingerprint density at radius 3 is 2.65 bits per heavy atom. The summed E-state index contributed by atoms with van der Waals surface area (Å²) in [5.41, 5.74) is 8.04. The molecule has 0 saturated carbocycles. The molecule has 0 aliphatic carbocycles. The number of para-hydroxylation sites is 1. The number of nitrogen functional groups attached to an aromatic ring is 1. The quantitative estimate of drug-likeness (QED) is 0.812. The first kappa shape index (κ1) is 14.7. The van der Waals surface area contributed by atoms with Gasteiger partial charge in [0, 0.05) is 10.9 Å². The largest absolute Gasteiger partial charge is 0.492 e. The Labute approximate surface area is 125 Å². The molecular formula is C16H22N2OS. The van der Waals surface area contributed by atoms with Crippen LogP contribution in [0.3, 0.4) is 0 Å². The van der Waals surface area contributed by atoms with Crippen molar-refractivity contribution in [3.05, 3.63) is 40.6 Å². The van der Waals surface area contributed by atoms with Crippen molar-refractivity contribution in [2.24, 2.45) is 0 Å². The van der Waals surface area contributed by atoms with Crippen LogP contribution in [-0.4, -0.2) is 12.6 Å². The van der Waals surface area contributed by atoms with Crippen molar-refractivity contribution in [1.82, 2.24) is 0 Å². The van der Waals surface area contributed by atoms with Crippen LogP contribution in [-0.2, 0) is 6.54 Å². The normalized spacial score (nSPS) is 10.8. The Kier molecular flexibility index (Phi) is 4.90. The number of ether oxygens (including phenoxy) is 1. The van der Waals surface area contributed by atoms with Crippen molar-refractivity contribution in [3.8, 4) is 5.75 Å². The molecule has 0 aliphatic rings. The molecule has 0 radical (unpaired) electrons. The first-order valence-corrected chi connectivity index (χ1v) is 7.81. The molecule has 0 fully saturated rings. The van der Waals surface area contributed by atoms with Crippen molar-refractivity contribution in [1.29, 1.82) is 0 Å². The summed E-state index contributed by atoms with van der Waals surface area (Å²) in [4.78, 5) is 3.64. The molecule has 2 aromatic rings. The highest BCUT2D eigenvalue weighted by Gasteiger charge is 2.16. The van der Waals surface area contributed by atoms with Crippen molar-refractivity contribution < 1.29 is 4.74 Å². The smallest absolute Gasteiger partial charge is 0.144 e. The van der Waals surface area contributed by atoms with Gasteiger partial charge in [-0.2, -0.15) is 0 Å². The highest BCUT2D eigenvalue weighted by molar-refractivity contribution is 7.09. The lowest BCUT2D eigenvalue weighted by Gasteiger charge is -2.30. The van der Waals surface area contributed by atoms with Gasteiger partial charge in [0.1, 0.15) is 5.75 Å². The summed E-state index contributed by atoms with van der Waals surface area (Å²) in [6, 6.07) is 10.6. The number of anilines is 2. The van der Waals surface area contributed by atoms with Gasteiger partial charge in [-0.3, -0.25) is 0 Å². The molecule has 108 valence electrons. The van der Waals surface area contributed by atoms with E-state index in [0.717, 1.165) is 23.7 Å². The second-order valence-electron chi connectivity index (χ2n) is 4.92. The predicted molar refractivity (Wildman–Crippen MR) is 87.7 cm³/mol. The number of hydrogen-bond donors (Lipinski definition) is 1. The maximum absolute atomic E-state index is 6.27. The minimum absolute atomic E-state index is 0.372. The molecule has 2 N–H and O–H groups in total. The standard InChI is InChI=1S/C16H22N2OS/c1-4-19-15-9-5-8-14(16(15)17)18(12(2)3)11-13-7-6-10-20-13/h5-10,12H,4,11,17H2,1-3H3. The van der Waals surface area contributed by atoms with E-state index in [2.05, 4.69) is 42.3 Å². The lowest BCUT2D eigenvalue weighted by Crippen LogP contribution is -2.30. The molecule has 20 heavy (non-hydrogen) atoms. The van der Waals surface area contributed by atoms with Crippen LogP contribution in [0.4, 0.5) is 11.4 Å². The number of benzene rings is 1. The van der Waals surface area contributed by atoms with Gasteiger partial charge in [0.2, 0.25) is 0 Å². The highest BCUT2D eigenvalue weighted by atomic mass is 32.1. The van der Waals surface area contributed by atoms with Crippen LogP contribution >= 0.6 is 11.3 Å². The van der Waals surface area contributed by atoms with E-state index in [1.165, 1.54) is 4.88 Å². The van der Waals surface area contributed by atoms with E-state index in [9.17, 15) is 0 Å². The minimum Gasteiger partial charge on any atom is -0.492 e. The molecule has 1 aromatic heterocycles. The first-order chi connectivity index (χ1) is 9.63. The van der Waals surface area contributed by atoms with E-state index < -0.39 is 0 Å². The molecular weight excluding hydrogens is 268 g/mol. The van der Waals surface area contributed by atoms with Gasteiger partial charge in [-0.1, -0.05) is 12.1 Å². The van der Waals surface area contributed by atoms with Gasteiger partial charge in [0.05, 0.1) is 24.5 Å². The van der Waals surface area contributed by atoms with Gasteiger partial charge in [-0.25, -0.2) is 0 Å². The summed E-state index contributed by atoms with van der Waals surface area (Å²) < 4.78 is 5.59. The molecule has 2 rings (SSSR count). The molecule has 3 nitrogen and oxygen atoms in total. The summed E-state index contributed by atoms with van der Waals surface area (Å²) >= 11 is 1.77. The van der Waals surface area contributed by atoms with Crippen LogP contribution in [0.25, 0.3) is 0 Å². The van der Waals surface area contributed by atoms with Gasteiger partial charge in [-0.05, 0) is 44.4 Å². The molecule has 0 unspecified atom stereocenters. The second kappa shape index (κ2) is 6.66. The molecule has 0 atom stereocenters. The van der Waals surface area contributed by atoms with E-state index >= 15 is 0 Å². The maximum atomic E-state index is 6.27. The van der Waals surface area contributed by atoms with Crippen molar-refractivity contribution in [2.75, 3.05) is 17.2 Å². The van der Waals surface area contributed by atoms with Crippen molar-refractivity contribution in [2.45, 2.75) is 33.4 Å². The fourth-order valence-electron chi connectivity index (χ4n) is 2.18. The predicted octanol–water partition coefficient (Wildman–Crippen LogP) is 4.14. The third-order valence-corrected chi connectivity index (χ3v) is 4.04. The summed E-state index contributed by atoms with van der Waals surface area (Å²) in [5.74, 6) is 0.766. The second-order valence-corrected chi connectivity index (χ2v) is 5.96. The first-order valence-electron chi connectivity index (χ1n) is 6.93. The Balaban J connectivity index is 2.32. The Morgan fingerprint density at radius 1 is 1.25 bits per heavy atom.